The van der Waals surface area contributed by atoms with E-state index in [1.165, 1.54) is 4.88 Å². The van der Waals surface area contributed by atoms with Gasteiger partial charge in [0.2, 0.25) is 0 Å². The van der Waals surface area contributed by atoms with Crippen LogP contribution in [0.25, 0.3) is 0 Å². The lowest BCUT2D eigenvalue weighted by Crippen LogP contribution is -2.20. The van der Waals surface area contributed by atoms with Gasteiger partial charge in [0.05, 0.1) is 30.0 Å². The number of hydrogen-bond acceptors (Lipinski definition) is 5. The molecule has 0 aromatic carbocycles. The Bertz CT molecular complexity index is 327. The smallest absolute Gasteiger partial charge is 0.160 e. The van der Waals surface area contributed by atoms with Gasteiger partial charge in [0, 0.05) is 17.7 Å². The van der Waals surface area contributed by atoms with Crippen molar-refractivity contribution < 1.29 is 14.6 Å². The fourth-order valence-electron chi connectivity index (χ4n) is 1.68. The average molecular weight is 243 g/mol. The van der Waals surface area contributed by atoms with E-state index in [0.29, 0.717) is 26.1 Å². The maximum Gasteiger partial charge on any atom is 0.160 e. The van der Waals surface area contributed by atoms with Crippen LogP contribution in [0, 0.1) is 13.8 Å². The first kappa shape index (κ1) is 12.0. The number of nitrogens with zero attached hydrogens (tertiary/aromatic N) is 1. The van der Waals surface area contributed by atoms with Crippen LogP contribution < -0.4 is 0 Å². The molecule has 1 aromatic rings. The Morgan fingerprint density at radius 3 is 2.69 bits per heavy atom. The number of rotatable bonds is 4. The maximum atomic E-state index is 9.87. The number of hydrogen-bond donors (Lipinski definition) is 1. The van der Waals surface area contributed by atoms with E-state index in [1.807, 2.05) is 13.8 Å². The van der Waals surface area contributed by atoms with Crippen LogP contribution >= 0.6 is 11.3 Å². The van der Waals surface area contributed by atoms with Crippen LogP contribution in [-0.2, 0) is 15.9 Å². The Morgan fingerprint density at radius 2 is 2.12 bits per heavy atom. The van der Waals surface area contributed by atoms with Crippen LogP contribution in [-0.4, -0.2) is 35.7 Å². The van der Waals surface area contributed by atoms with Gasteiger partial charge in [-0.05, 0) is 13.8 Å². The zero-order valence-corrected chi connectivity index (χ0v) is 10.4. The highest BCUT2D eigenvalue weighted by Crippen LogP contribution is 2.20. The van der Waals surface area contributed by atoms with Crippen LogP contribution in [0.4, 0.5) is 0 Å². The Morgan fingerprint density at radius 1 is 1.44 bits per heavy atom. The second kappa shape index (κ2) is 5.23. The predicted octanol–water partition coefficient (Wildman–Crippen LogP) is 1.43. The molecule has 2 heterocycles. The summed E-state index contributed by atoms with van der Waals surface area (Å²) in [5.41, 5.74) is 1.06. The molecular weight excluding hydrogens is 226 g/mol. The van der Waals surface area contributed by atoms with Gasteiger partial charge in [-0.1, -0.05) is 0 Å². The van der Waals surface area contributed by atoms with Crippen LogP contribution in [0.1, 0.15) is 22.0 Å². The zero-order chi connectivity index (χ0) is 11.5. The summed E-state index contributed by atoms with van der Waals surface area (Å²) in [4.78, 5) is 5.62. The van der Waals surface area contributed by atoms with E-state index in [-0.39, 0.29) is 6.29 Å². The lowest BCUT2D eigenvalue weighted by molar-refractivity contribution is -0.0698. The molecule has 1 aromatic heterocycles. The van der Waals surface area contributed by atoms with E-state index >= 15 is 0 Å². The van der Waals surface area contributed by atoms with Gasteiger partial charge in [0.15, 0.2) is 6.29 Å². The zero-order valence-electron chi connectivity index (χ0n) is 9.60. The van der Waals surface area contributed by atoms with Crippen molar-refractivity contribution in [3.8, 4) is 0 Å². The number of aryl methyl sites for hydroxylation is 2. The lowest BCUT2D eigenvalue weighted by Gasteiger charge is -2.13. The lowest BCUT2D eigenvalue weighted by atomic mass is 10.2. The molecule has 0 spiro atoms. The standard InChI is InChI=1S/C11H17NO3S/c1-7-8(2)16-10(12-7)5-9(13)6-11-14-3-4-15-11/h9,11,13H,3-6H2,1-2H3. The third kappa shape index (κ3) is 3.01. The molecule has 1 fully saturated rings. The molecule has 1 aliphatic heterocycles. The largest absolute Gasteiger partial charge is 0.392 e. The Hall–Kier alpha value is -0.490. The topological polar surface area (TPSA) is 51.6 Å². The molecule has 0 radical (unpaired) electrons. The number of aliphatic hydroxyl groups excluding tert-OH is 1. The summed E-state index contributed by atoms with van der Waals surface area (Å²) < 4.78 is 10.6. The van der Waals surface area contributed by atoms with E-state index in [2.05, 4.69) is 4.98 Å². The molecule has 4 nitrogen and oxygen atoms in total. The van der Waals surface area contributed by atoms with Gasteiger partial charge in [-0.25, -0.2) is 4.98 Å². The van der Waals surface area contributed by atoms with Gasteiger partial charge in [0.1, 0.15) is 0 Å². The predicted molar refractivity (Wildman–Crippen MR) is 61.6 cm³/mol. The normalized spacial score (nSPS) is 19.2. The summed E-state index contributed by atoms with van der Waals surface area (Å²) in [6.45, 7) is 5.30. The average Bonchev–Trinajstić information content (AvgIpc) is 2.78. The molecule has 0 aliphatic carbocycles. The highest BCUT2D eigenvalue weighted by molar-refractivity contribution is 7.11. The molecule has 0 amide bonds. The molecule has 2 rings (SSSR count). The minimum absolute atomic E-state index is 0.239. The molecule has 0 bridgehead atoms. The Labute approximate surface area is 99.2 Å². The van der Waals surface area contributed by atoms with E-state index in [9.17, 15) is 5.11 Å². The quantitative estimate of drug-likeness (QED) is 0.869. The summed E-state index contributed by atoms with van der Waals surface area (Å²) >= 11 is 1.65. The first-order chi connectivity index (χ1) is 7.65. The van der Waals surface area contributed by atoms with Crippen molar-refractivity contribution in [2.75, 3.05) is 13.2 Å². The van der Waals surface area contributed by atoms with Crippen LogP contribution in [0.15, 0.2) is 0 Å². The van der Waals surface area contributed by atoms with Crippen molar-refractivity contribution in [2.45, 2.75) is 39.1 Å². The maximum absolute atomic E-state index is 9.87. The summed E-state index contributed by atoms with van der Waals surface area (Å²) in [6, 6.07) is 0. The molecular formula is C11H17NO3S. The molecule has 5 heteroatoms. The van der Waals surface area contributed by atoms with E-state index < -0.39 is 6.10 Å². The van der Waals surface area contributed by atoms with Crippen LogP contribution in [0.2, 0.25) is 0 Å². The van der Waals surface area contributed by atoms with E-state index in [0.717, 1.165) is 10.7 Å². The van der Waals surface area contributed by atoms with Crippen LogP contribution in [0.3, 0.4) is 0 Å². The third-order valence-corrected chi connectivity index (χ3v) is 3.73. The molecule has 16 heavy (non-hydrogen) atoms. The second-order valence-electron chi connectivity index (χ2n) is 4.01. The van der Waals surface area contributed by atoms with Gasteiger partial charge in [-0.2, -0.15) is 0 Å². The summed E-state index contributed by atoms with van der Waals surface area (Å²) in [7, 11) is 0. The minimum atomic E-state index is -0.437. The molecule has 90 valence electrons. The highest BCUT2D eigenvalue weighted by Gasteiger charge is 2.21. The number of thiazole rings is 1. The van der Waals surface area contributed by atoms with Crippen LogP contribution in [0.5, 0.6) is 0 Å². The highest BCUT2D eigenvalue weighted by atomic mass is 32.1. The van der Waals surface area contributed by atoms with Crippen molar-refractivity contribution in [2.24, 2.45) is 0 Å². The molecule has 1 atom stereocenters. The molecule has 0 saturated carbocycles. The summed E-state index contributed by atoms with van der Waals surface area (Å²) in [5.74, 6) is 0. The Kier molecular flexibility index (Phi) is 3.91. The van der Waals surface area contributed by atoms with Crippen molar-refractivity contribution >= 4 is 11.3 Å². The first-order valence-corrected chi connectivity index (χ1v) is 6.31. The second-order valence-corrected chi connectivity index (χ2v) is 5.30. The minimum Gasteiger partial charge on any atom is -0.392 e. The number of aliphatic hydroxyl groups is 1. The SMILES string of the molecule is Cc1nc(CC(O)CC2OCCO2)sc1C. The molecule has 1 N–H and O–H groups in total. The van der Waals surface area contributed by atoms with E-state index in [1.54, 1.807) is 11.3 Å². The summed E-state index contributed by atoms with van der Waals surface area (Å²) in [5, 5.41) is 10.9. The fourth-order valence-corrected chi connectivity index (χ4v) is 2.68. The van der Waals surface area contributed by atoms with Crippen molar-refractivity contribution in [3.05, 3.63) is 15.6 Å². The molecule has 1 aliphatic rings. The van der Waals surface area contributed by atoms with Gasteiger partial charge in [0.25, 0.3) is 0 Å². The molecule has 1 saturated heterocycles. The monoisotopic (exact) mass is 243 g/mol. The first-order valence-electron chi connectivity index (χ1n) is 5.49. The number of aromatic nitrogens is 1. The third-order valence-electron chi connectivity index (χ3n) is 2.64. The van der Waals surface area contributed by atoms with Gasteiger partial charge < -0.3 is 14.6 Å². The molecule has 1 unspecified atom stereocenters. The number of ether oxygens (including phenoxy) is 2. The van der Waals surface area contributed by atoms with Gasteiger partial charge in [-0.15, -0.1) is 11.3 Å². The van der Waals surface area contributed by atoms with Crippen molar-refractivity contribution in [1.29, 1.82) is 0 Å². The van der Waals surface area contributed by atoms with Crippen molar-refractivity contribution in [3.63, 3.8) is 0 Å². The fraction of sp³-hybridized carbons (Fsp3) is 0.727. The van der Waals surface area contributed by atoms with E-state index in [4.69, 9.17) is 9.47 Å². The van der Waals surface area contributed by atoms with Gasteiger partial charge >= 0.3 is 0 Å². The van der Waals surface area contributed by atoms with Gasteiger partial charge in [-0.3, -0.25) is 0 Å². The Balaban J connectivity index is 1.84. The summed E-state index contributed by atoms with van der Waals surface area (Å²) in [6.07, 6.45) is 0.436. The van der Waals surface area contributed by atoms with Crippen molar-refractivity contribution in [1.82, 2.24) is 4.98 Å².